The van der Waals surface area contributed by atoms with Gasteiger partial charge in [0.2, 0.25) is 10.0 Å². The average Bonchev–Trinajstić information content (AvgIpc) is 3.13. The third-order valence-electron chi connectivity index (χ3n) is 4.52. The highest BCUT2D eigenvalue weighted by atomic mass is 32.2. The van der Waals surface area contributed by atoms with Crippen LogP contribution in [0.15, 0.2) is 64.9 Å². The van der Waals surface area contributed by atoms with E-state index in [1.165, 1.54) is 10.7 Å². The first kappa shape index (κ1) is 17.9. The number of aromatic nitrogens is 2. The van der Waals surface area contributed by atoms with E-state index in [4.69, 9.17) is 0 Å². The number of hydrogen-bond acceptors (Lipinski definition) is 6. The molecule has 1 unspecified atom stereocenters. The summed E-state index contributed by atoms with van der Waals surface area (Å²) in [6, 6.07) is 13.2. The molecule has 0 amide bonds. The molecule has 0 aliphatic carbocycles. The minimum Gasteiger partial charge on any atom is -0.253 e. The van der Waals surface area contributed by atoms with Crippen molar-refractivity contribution in [3.63, 3.8) is 0 Å². The van der Waals surface area contributed by atoms with Gasteiger partial charge in [-0.25, -0.2) is 8.42 Å². The van der Waals surface area contributed by atoms with Gasteiger partial charge in [0, 0.05) is 29.3 Å². The van der Waals surface area contributed by atoms with Gasteiger partial charge in [-0.3, -0.25) is 9.97 Å². The number of rotatable bonds is 4. The summed E-state index contributed by atoms with van der Waals surface area (Å²) < 4.78 is 26.0. The highest BCUT2D eigenvalue weighted by Crippen LogP contribution is 2.37. The van der Waals surface area contributed by atoms with E-state index in [2.05, 4.69) is 15.1 Å². The van der Waals surface area contributed by atoms with Crippen molar-refractivity contribution in [2.24, 2.45) is 5.10 Å². The number of thioether (sulfide) groups is 1. The summed E-state index contributed by atoms with van der Waals surface area (Å²) in [7, 11) is -3.53. The second kappa shape index (κ2) is 6.94. The molecule has 0 N–H and O–H groups in total. The van der Waals surface area contributed by atoms with Gasteiger partial charge in [-0.2, -0.15) is 9.52 Å². The van der Waals surface area contributed by atoms with Crippen molar-refractivity contribution in [2.45, 2.75) is 17.4 Å². The minimum atomic E-state index is -3.53. The Morgan fingerprint density at radius 1 is 1.07 bits per heavy atom. The standard InChI is InChI=1S/C19H18N4O2S2/c1-26-14-8-6-13(7-9-14)17-12-18(23(22-17)27(2,24)25)15-4-3-5-16-19(15)21-11-10-20-16/h3-11,18H,12H2,1-2H3. The van der Waals surface area contributed by atoms with Crippen LogP contribution in [0.2, 0.25) is 0 Å². The molecule has 1 aliphatic rings. The van der Waals surface area contributed by atoms with E-state index in [-0.39, 0.29) is 0 Å². The van der Waals surface area contributed by atoms with Crippen LogP contribution in [0, 0.1) is 0 Å². The van der Waals surface area contributed by atoms with Crippen molar-refractivity contribution in [1.82, 2.24) is 14.4 Å². The summed E-state index contributed by atoms with van der Waals surface area (Å²) in [6.07, 6.45) is 6.94. The van der Waals surface area contributed by atoms with Crippen molar-refractivity contribution in [3.05, 3.63) is 66.0 Å². The molecule has 0 spiro atoms. The van der Waals surface area contributed by atoms with E-state index >= 15 is 0 Å². The molecule has 0 saturated carbocycles. The van der Waals surface area contributed by atoms with E-state index in [1.54, 1.807) is 24.2 Å². The Bertz CT molecular complexity index is 1120. The molecular weight excluding hydrogens is 380 g/mol. The molecule has 4 rings (SSSR count). The molecule has 1 aliphatic heterocycles. The molecule has 0 fully saturated rings. The predicted octanol–water partition coefficient (Wildman–Crippen LogP) is 3.46. The van der Waals surface area contributed by atoms with Crippen molar-refractivity contribution in [3.8, 4) is 0 Å². The molecule has 3 aromatic rings. The normalized spacial score (nSPS) is 17.3. The first-order chi connectivity index (χ1) is 13.0. The maximum Gasteiger partial charge on any atom is 0.247 e. The Morgan fingerprint density at radius 2 is 1.81 bits per heavy atom. The molecule has 8 heteroatoms. The van der Waals surface area contributed by atoms with Crippen molar-refractivity contribution in [1.29, 1.82) is 0 Å². The third kappa shape index (κ3) is 3.42. The number of nitrogens with zero attached hydrogens (tertiary/aromatic N) is 4. The first-order valence-electron chi connectivity index (χ1n) is 8.38. The van der Waals surface area contributed by atoms with E-state index in [0.29, 0.717) is 11.9 Å². The van der Waals surface area contributed by atoms with E-state index < -0.39 is 16.1 Å². The van der Waals surface area contributed by atoms with Crippen LogP contribution in [0.5, 0.6) is 0 Å². The summed E-state index contributed by atoms with van der Waals surface area (Å²) in [5.41, 5.74) is 3.92. The molecule has 6 nitrogen and oxygen atoms in total. The number of hydrogen-bond donors (Lipinski definition) is 0. The number of hydrazone groups is 1. The molecule has 1 aromatic heterocycles. The third-order valence-corrected chi connectivity index (χ3v) is 6.28. The Hall–Kier alpha value is -2.45. The highest BCUT2D eigenvalue weighted by Gasteiger charge is 2.35. The van der Waals surface area contributed by atoms with Gasteiger partial charge in [0.1, 0.15) is 0 Å². The Morgan fingerprint density at radius 3 is 2.52 bits per heavy atom. The fourth-order valence-corrected chi connectivity index (χ4v) is 4.57. The number of sulfonamides is 1. The van der Waals surface area contributed by atoms with Gasteiger partial charge in [0.15, 0.2) is 0 Å². The SMILES string of the molecule is CSc1ccc(C2=NN(S(C)(=O)=O)C(c3cccc4nccnc34)C2)cc1. The number of fused-ring (bicyclic) bond motifs is 1. The Kier molecular flexibility index (Phi) is 4.61. The Labute approximate surface area is 162 Å². The van der Waals surface area contributed by atoms with Crippen LogP contribution < -0.4 is 0 Å². The summed E-state index contributed by atoms with van der Waals surface area (Å²) in [5.74, 6) is 0. The van der Waals surface area contributed by atoms with Gasteiger partial charge in [0.25, 0.3) is 0 Å². The summed E-state index contributed by atoms with van der Waals surface area (Å²) in [5, 5.41) is 4.46. The van der Waals surface area contributed by atoms with Gasteiger partial charge < -0.3 is 0 Å². The van der Waals surface area contributed by atoms with E-state index in [0.717, 1.165) is 27.3 Å². The summed E-state index contributed by atoms with van der Waals surface area (Å²) >= 11 is 1.66. The number of benzene rings is 2. The van der Waals surface area contributed by atoms with Crippen LogP contribution in [0.25, 0.3) is 11.0 Å². The smallest absolute Gasteiger partial charge is 0.247 e. The molecule has 2 heterocycles. The van der Waals surface area contributed by atoms with Gasteiger partial charge in [-0.05, 0) is 30.0 Å². The van der Waals surface area contributed by atoms with Crippen molar-refractivity contribution >= 4 is 38.5 Å². The second-order valence-electron chi connectivity index (χ2n) is 6.30. The maximum atomic E-state index is 12.4. The van der Waals surface area contributed by atoms with Gasteiger partial charge in [-0.1, -0.05) is 24.3 Å². The monoisotopic (exact) mass is 398 g/mol. The lowest BCUT2D eigenvalue weighted by atomic mass is 9.98. The molecule has 138 valence electrons. The van der Waals surface area contributed by atoms with Crippen LogP contribution in [0.1, 0.15) is 23.6 Å². The van der Waals surface area contributed by atoms with Crippen LogP contribution in [-0.4, -0.2) is 41.0 Å². The topological polar surface area (TPSA) is 75.5 Å². The average molecular weight is 399 g/mol. The number of para-hydroxylation sites is 1. The lowest BCUT2D eigenvalue weighted by molar-refractivity contribution is 0.376. The molecule has 27 heavy (non-hydrogen) atoms. The zero-order valence-corrected chi connectivity index (χ0v) is 16.5. The zero-order valence-electron chi connectivity index (χ0n) is 14.9. The van der Waals surface area contributed by atoms with Crippen LogP contribution in [0.4, 0.5) is 0 Å². The van der Waals surface area contributed by atoms with Gasteiger partial charge >= 0.3 is 0 Å². The Balaban J connectivity index is 1.79. The summed E-state index contributed by atoms with van der Waals surface area (Å²) in [4.78, 5) is 9.90. The van der Waals surface area contributed by atoms with Gasteiger partial charge in [-0.15, -0.1) is 11.8 Å². The lowest BCUT2D eigenvalue weighted by Crippen LogP contribution is -2.26. The zero-order chi connectivity index (χ0) is 19.0. The van der Waals surface area contributed by atoms with E-state index in [9.17, 15) is 8.42 Å². The fraction of sp³-hybridized carbons (Fsp3) is 0.211. The van der Waals surface area contributed by atoms with Crippen LogP contribution >= 0.6 is 11.8 Å². The summed E-state index contributed by atoms with van der Waals surface area (Å²) in [6.45, 7) is 0. The first-order valence-corrected chi connectivity index (χ1v) is 11.5. The second-order valence-corrected chi connectivity index (χ2v) is 9.02. The van der Waals surface area contributed by atoms with Crippen molar-refractivity contribution in [2.75, 3.05) is 12.5 Å². The quantitative estimate of drug-likeness (QED) is 0.629. The lowest BCUT2D eigenvalue weighted by Gasteiger charge is -2.22. The maximum absolute atomic E-state index is 12.4. The minimum absolute atomic E-state index is 0.435. The predicted molar refractivity (Wildman–Crippen MR) is 108 cm³/mol. The van der Waals surface area contributed by atoms with Crippen molar-refractivity contribution < 1.29 is 8.42 Å². The van der Waals surface area contributed by atoms with Gasteiger partial charge in [0.05, 0.1) is 29.0 Å². The molecule has 0 bridgehead atoms. The molecule has 2 aromatic carbocycles. The van der Waals surface area contributed by atoms with Crippen LogP contribution in [0.3, 0.4) is 0 Å². The van der Waals surface area contributed by atoms with Crippen LogP contribution in [-0.2, 0) is 10.0 Å². The molecule has 0 radical (unpaired) electrons. The molecule has 1 atom stereocenters. The van der Waals surface area contributed by atoms with E-state index in [1.807, 2.05) is 48.7 Å². The molecular formula is C19H18N4O2S2. The molecule has 0 saturated heterocycles. The highest BCUT2D eigenvalue weighted by molar-refractivity contribution is 7.98. The fourth-order valence-electron chi connectivity index (χ4n) is 3.27. The largest absolute Gasteiger partial charge is 0.253 e.